The van der Waals surface area contributed by atoms with E-state index in [4.69, 9.17) is 4.74 Å². The van der Waals surface area contributed by atoms with Crippen molar-refractivity contribution in [1.29, 1.82) is 0 Å². The SMILES string of the molecule is CS(=O)(=O)c1ccc2c(c1)[nH]c1cc(OCCBr)ccc12. The van der Waals surface area contributed by atoms with Crippen LogP contribution in [-0.2, 0) is 9.84 Å². The Balaban J connectivity index is 2.15. The van der Waals surface area contributed by atoms with Gasteiger partial charge in [0.05, 0.1) is 17.0 Å². The Morgan fingerprint density at radius 1 is 1.10 bits per heavy atom. The lowest BCUT2D eigenvalue weighted by Crippen LogP contribution is -1.97. The summed E-state index contributed by atoms with van der Waals surface area (Å²) in [5, 5.41) is 2.83. The third-order valence-corrected chi connectivity index (χ3v) is 4.75. The van der Waals surface area contributed by atoms with Crippen molar-refractivity contribution in [1.82, 2.24) is 4.98 Å². The van der Waals surface area contributed by atoms with Crippen LogP contribution < -0.4 is 4.74 Å². The lowest BCUT2D eigenvalue weighted by atomic mass is 10.1. The highest BCUT2D eigenvalue weighted by Gasteiger charge is 2.11. The van der Waals surface area contributed by atoms with E-state index in [1.165, 1.54) is 6.26 Å². The van der Waals surface area contributed by atoms with Gasteiger partial charge in [0.1, 0.15) is 5.75 Å². The van der Waals surface area contributed by atoms with Gasteiger partial charge in [0.25, 0.3) is 0 Å². The summed E-state index contributed by atoms with van der Waals surface area (Å²) in [6.07, 6.45) is 1.21. The molecule has 1 aromatic heterocycles. The molecule has 4 nitrogen and oxygen atoms in total. The Bertz CT molecular complexity index is 915. The van der Waals surface area contributed by atoms with Crippen molar-refractivity contribution >= 4 is 47.6 Å². The van der Waals surface area contributed by atoms with Crippen LogP contribution >= 0.6 is 15.9 Å². The van der Waals surface area contributed by atoms with Crippen molar-refractivity contribution < 1.29 is 13.2 Å². The maximum Gasteiger partial charge on any atom is 0.175 e. The van der Waals surface area contributed by atoms with Crippen molar-refractivity contribution in [3.8, 4) is 5.75 Å². The van der Waals surface area contributed by atoms with Crippen molar-refractivity contribution in [2.24, 2.45) is 0 Å². The first-order valence-electron chi connectivity index (χ1n) is 6.43. The third kappa shape index (κ3) is 2.78. The van der Waals surface area contributed by atoms with Crippen LogP contribution in [0.25, 0.3) is 21.8 Å². The first kappa shape index (κ1) is 14.4. The van der Waals surface area contributed by atoms with Crippen LogP contribution in [0.3, 0.4) is 0 Å². The van der Waals surface area contributed by atoms with E-state index < -0.39 is 9.84 Å². The molecule has 0 aliphatic rings. The van der Waals surface area contributed by atoms with Crippen LogP contribution in [-0.4, -0.2) is 31.6 Å². The van der Waals surface area contributed by atoms with Gasteiger partial charge in [0, 0.05) is 33.9 Å². The summed E-state index contributed by atoms with van der Waals surface area (Å²) in [6, 6.07) is 11.0. The zero-order chi connectivity index (χ0) is 15.0. The van der Waals surface area contributed by atoms with E-state index >= 15 is 0 Å². The highest BCUT2D eigenvalue weighted by molar-refractivity contribution is 9.09. The number of alkyl halides is 1. The molecule has 0 radical (unpaired) electrons. The summed E-state index contributed by atoms with van der Waals surface area (Å²) in [7, 11) is -3.20. The second-order valence-electron chi connectivity index (χ2n) is 4.85. The van der Waals surface area contributed by atoms with E-state index in [0.717, 1.165) is 32.9 Å². The summed E-state index contributed by atoms with van der Waals surface area (Å²) in [6.45, 7) is 0.601. The molecule has 2 aromatic carbocycles. The van der Waals surface area contributed by atoms with Crippen molar-refractivity contribution in [3.05, 3.63) is 36.4 Å². The number of benzene rings is 2. The van der Waals surface area contributed by atoms with Gasteiger partial charge in [-0.05, 0) is 24.3 Å². The lowest BCUT2D eigenvalue weighted by molar-refractivity contribution is 0.345. The zero-order valence-corrected chi connectivity index (χ0v) is 13.8. The second-order valence-corrected chi connectivity index (χ2v) is 7.66. The van der Waals surface area contributed by atoms with Crippen LogP contribution in [0.5, 0.6) is 5.75 Å². The Kier molecular flexibility index (Phi) is 3.67. The minimum Gasteiger partial charge on any atom is -0.493 e. The summed E-state index contributed by atoms with van der Waals surface area (Å²) < 4.78 is 28.8. The van der Waals surface area contributed by atoms with Crippen LogP contribution in [0.2, 0.25) is 0 Å². The van der Waals surface area contributed by atoms with Gasteiger partial charge >= 0.3 is 0 Å². The highest BCUT2D eigenvalue weighted by Crippen LogP contribution is 2.29. The molecule has 3 rings (SSSR count). The Morgan fingerprint density at radius 3 is 2.43 bits per heavy atom. The molecule has 0 spiro atoms. The number of rotatable bonds is 4. The minimum absolute atomic E-state index is 0.317. The van der Waals surface area contributed by atoms with E-state index in [2.05, 4.69) is 20.9 Å². The molecule has 0 bridgehead atoms. The van der Waals surface area contributed by atoms with Crippen LogP contribution in [0.1, 0.15) is 0 Å². The molecule has 21 heavy (non-hydrogen) atoms. The van der Waals surface area contributed by atoms with E-state index in [0.29, 0.717) is 11.5 Å². The van der Waals surface area contributed by atoms with Gasteiger partial charge in [-0.25, -0.2) is 8.42 Å². The quantitative estimate of drug-likeness (QED) is 0.717. The molecule has 0 unspecified atom stereocenters. The number of fused-ring (bicyclic) bond motifs is 3. The van der Waals surface area contributed by atoms with Gasteiger partial charge in [-0.3, -0.25) is 0 Å². The average molecular weight is 368 g/mol. The van der Waals surface area contributed by atoms with E-state index in [1.54, 1.807) is 12.1 Å². The lowest BCUT2D eigenvalue weighted by Gasteiger charge is -2.03. The number of hydrogen-bond acceptors (Lipinski definition) is 3. The largest absolute Gasteiger partial charge is 0.493 e. The number of sulfone groups is 1. The normalized spacial score (nSPS) is 12.1. The van der Waals surface area contributed by atoms with Crippen LogP contribution in [0.15, 0.2) is 41.3 Å². The van der Waals surface area contributed by atoms with Crippen LogP contribution in [0, 0.1) is 0 Å². The fourth-order valence-corrected chi connectivity index (χ4v) is 3.15. The fourth-order valence-electron chi connectivity index (χ4n) is 2.35. The molecule has 6 heteroatoms. The van der Waals surface area contributed by atoms with Gasteiger partial charge in [-0.1, -0.05) is 22.0 Å². The minimum atomic E-state index is -3.20. The Labute approximate surface area is 131 Å². The number of ether oxygens (including phenoxy) is 1. The number of aromatic nitrogens is 1. The van der Waals surface area contributed by atoms with E-state index in [9.17, 15) is 8.42 Å². The number of halogens is 1. The van der Waals surface area contributed by atoms with Crippen molar-refractivity contribution in [2.75, 3.05) is 18.2 Å². The number of aromatic amines is 1. The molecule has 0 aliphatic carbocycles. The standard InChI is InChI=1S/C15H14BrNO3S/c1-21(18,19)11-3-5-13-12-4-2-10(20-7-6-16)8-14(12)17-15(13)9-11/h2-5,8-9,17H,6-7H2,1H3. The second kappa shape index (κ2) is 5.35. The van der Waals surface area contributed by atoms with Crippen LogP contribution in [0.4, 0.5) is 0 Å². The molecule has 110 valence electrons. The number of H-pyrrole nitrogens is 1. The first-order valence-corrected chi connectivity index (χ1v) is 9.44. The zero-order valence-electron chi connectivity index (χ0n) is 11.4. The topological polar surface area (TPSA) is 59.2 Å². The van der Waals surface area contributed by atoms with Crippen molar-refractivity contribution in [3.63, 3.8) is 0 Å². The van der Waals surface area contributed by atoms with E-state index in [-0.39, 0.29) is 0 Å². The summed E-state index contributed by atoms with van der Waals surface area (Å²) >= 11 is 3.32. The Morgan fingerprint density at radius 2 is 1.76 bits per heavy atom. The molecular weight excluding hydrogens is 354 g/mol. The Hall–Kier alpha value is -1.53. The molecule has 1 N–H and O–H groups in total. The predicted molar refractivity (Wildman–Crippen MR) is 88.2 cm³/mol. The van der Waals surface area contributed by atoms with Gasteiger partial charge < -0.3 is 9.72 Å². The molecule has 0 saturated heterocycles. The molecule has 0 aliphatic heterocycles. The smallest absolute Gasteiger partial charge is 0.175 e. The molecule has 0 fully saturated rings. The van der Waals surface area contributed by atoms with Gasteiger partial charge in [0.2, 0.25) is 0 Å². The fraction of sp³-hybridized carbons (Fsp3) is 0.200. The van der Waals surface area contributed by atoms with Crippen molar-refractivity contribution in [2.45, 2.75) is 4.90 Å². The summed E-state index contributed by atoms with van der Waals surface area (Å²) in [5.41, 5.74) is 1.74. The number of nitrogens with one attached hydrogen (secondary N) is 1. The molecule has 0 amide bonds. The average Bonchev–Trinajstić information content (AvgIpc) is 2.80. The molecule has 3 aromatic rings. The van der Waals surface area contributed by atoms with Gasteiger partial charge in [-0.15, -0.1) is 0 Å². The maximum absolute atomic E-state index is 11.6. The predicted octanol–water partition coefficient (Wildman–Crippen LogP) is 3.50. The molecule has 0 saturated carbocycles. The monoisotopic (exact) mass is 367 g/mol. The van der Waals surface area contributed by atoms with Gasteiger partial charge in [0.15, 0.2) is 9.84 Å². The highest BCUT2D eigenvalue weighted by atomic mass is 79.9. The molecule has 0 atom stereocenters. The number of hydrogen-bond donors (Lipinski definition) is 1. The molecule has 1 heterocycles. The molecular formula is C15H14BrNO3S. The summed E-state index contributed by atoms with van der Waals surface area (Å²) in [5.74, 6) is 0.789. The maximum atomic E-state index is 11.6. The summed E-state index contributed by atoms with van der Waals surface area (Å²) in [4.78, 5) is 3.57. The third-order valence-electron chi connectivity index (χ3n) is 3.32. The first-order chi connectivity index (χ1) is 9.99. The van der Waals surface area contributed by atoms with E-state index in [1.807, 2.05) is 24.3 Å². The van der Waals surface area contributed by atoms with Gasteiger partial charge in [-0.2, -0.15) is 0 Å².